The zero-order valence-electron chi connectivity index (χ0n) is 14.0. The number of carbonyl (C=O) groups is 2. The summed E-state index contributed by atoms with van der Waals surface area (Å²) in [5, 5.41) is 13.8. The zero-order valence-corrected chi connectivity index (χ0v) is 14.0. The highest BCUT2D eigenvalue weighted by Crippen LogP contribution is 2.20. The molecule has 3 rings (SSSR count). The van der Waals surface area contributed by atoms with E-state index in [4.69, 9.17) is 5.11 Å². The number of carboxylic acid groups (broad SMARTS) is 1. The van der Waals surface area contributed by atoms with Gasteiger partial charge in [-0.15, -0.1) is 0 Å². The van der Waals surface area contributed by atoms with Crippen LogP contribution in [0.3, 0.4) is 0 Å². The molecular weight excluding hydrogens is 333 g/mol. The van der Waals surface area contributed by atoms with Crippen LogP contribution in [0.1, 0.15) is 22.8 Å². The Morgan fingerprint density at radius 3 is 2.46 bits per heavy atom. The highest BCUT2D eigenvalue weighted by Gasteiger charge is 2.14. The number of hydrogen-bond donors (Lipinski definition) is 2. The Hall–Kier alpha value is -3.47. The number of fused-ring (bicyclic) bond motifs is 1. The van der Waals surface area contributed by atoms with Crippen LogP contribution in [0, 0.1) is 5.82 Å². The number of halogens is 1. The molecule has 0 fully saturated rings. The summed E-state index contributed by atoms with van der Waals surface area (Å²) in [6.45, 7) is 1.62. The van der Waals surface area contributed by atoms with E-state index in [0.29, 0.717) is 5.57 Å². The molecule has 0 radical (unpaired) electrons. The molecule has 3 aromatic carbocycles. The van der Waals surface area contributed by atoms with Crippen molar-refractivity contribution in [2.24, 2.45) is 0 Å². The molecule has 0 bridgehead atoms. The van der Waals surface area contributed by atoms with E-state index in [-0.39, 0.29) is 11.3 Å². The first kappa shape index (κ1) is 17.4. The molecular formula is C21H16FNO3. The van der Waals surface area contributed by atoms with Crippen molar-refractivity contribution in [3.8, 4) is 0 Å². The molecule has 0 saturated carbocycles. The first-order valence-electron chi connectivity index (χ1n) is 7.95. The number of hydrogen-bond acceptors (Lipinski definition) is 2. The van der Waals surface area contributed by atoms with E-state index in [1.807, 2.05) is 42.5 Å². The van der Waals surface area contributed by atoms with E-state index in [1.165, 1.54) is 0 Å². The average molecular weight is 349 g/mol. The normalized spacial score (nSPS) is 11.4. The Bertz CT molecular complexity index is 1040. The second-order valence-electron chi connectivity index (χ2n) is 5.88. The van der Waals surface area contributed by atoms with Crippen molar-refractivity contribution in [2.75, 3.05) is 5.32 Å². The van der Waals surface area contributed by atoms with Gasteiger partial charge in [0.25, 0.3) is 5.91 Å². The lowest BCUT2D eigenvalue weighted by Crippen LogP contribution is -2.15. The number of carboxylic acids is 1. The maximum atomic E-state index is 13.4. The van der Waals surface area contributed by atoms with Crippen molar-refractivity contribution in [2.45, 2.75) is 6.92 Å². The summed E-state index contributed by atoms with van der Waals surface area (Å²) < 4.78 is 13.4. The van der Waals surface area contributed by atoms with Crippen LogP contribution in [0.2, 0.25) is 0 Å². The summed E-state index contributed by atoms with van der Waals surface area (Å²) in [6.07, 6.45) is 1.70. The van der Waals surface area contributed by atoms with Crippen LogP contribution in [0.15, 0.2) is 66.2 Å². The third kappa shape index (κ3) is 3.78. The first-order valence-corrected chi connectivity index (χ1v) is 7.95. The Labute approximate surface area is 149 Å². The Balaban J connectivity index is 1.86. The monoisotopic (exact) mass is 349 g/mol. The molecule has 0 aliphatic carbocycles. The number of carbonyl (C=O) groups excluding carboxylic acids is 1. The molecule has 0 saturated heterocycles. The molecule has 0 aliphatic rings. The summed E-state index contributed by atoms with van der Waals surface area (Å²) >= 11 is 0. The van der Waals surface area contributed by atoms with E-state index in [1.54, 1.807) is 13.0 Å². The predicted molar refractivity (Wildman–Crippen MR) is 99.6 cm³/mol. The highest BCUT2D eigenvalue weighted by molar-refractivity contribution is 6.09. The maximum absolute atomic E-state index is 13.4. The van der Waals surface area contributed by atoms with Crippen LogP contribution in [-0.2, 0) is 4.79 Å². The minimum atomic E-state index is -1.24. The van der Waals surface area contributed by atoms with E-state index >= 15 is 0 Å². The van der Waals surface area contributed by atoms with Gasteiger partial charge < -0.3 is 10.4 Å². The highest BCUT2D eigenvalue weighted by atomic mass is 19.1. The van der Waals surface area contributed by atoms with Gasteiger partial charge >= 0.3 is 5.97 Å². The van der Waals surface area contributed by atoms with E-state index in [9.17, 15) is 14.0 Å². The number of aromatic carboxylic acids is 1. The van der Waals surface area contributed by atoms with E-state index in [2.05, 4.69) is 5.32 Å². The van der Waals surface area contributed by atoms with Gasteiger partial charge in [-0.3, -0.25) is 4.79 Å². The summed E-state index contributed by atoms with van der Waals surface area (Å²) in [4.78, 5) is 23.6. The van der Waals surface area contributed by atoms with Gasteiger partial charge in [-0.05, 0) is 53.6 Å². The third-order valence-electron chi connectivity index (χ3n) is 3.98. The number of benzene rings is 3. The molecule has 0 aliphatic heterocycles. The number of nitrogens with one attached hydrogen (secondary N) is 1. The fourth-order valence-corrected chi connectivity index (χ4v) is 2.64. The van der Waals surface area contributed by atoms with Gasteiger partial charge in [-0.25, -0.2) is 9.18 Å². The summed E-state index contributed by atoms with van der Waals surface area (Å²) in [7, 11) is 0. The van der Waals surface area contributed by atoms with Crippen molar-refractivity contribution < 1.29 is 19.1 Å². The standard InChI is InChI=1S/C21H16FNO3/c1-13(10-14-6-7-15-4-2-3-5-16(15)11-14)20(24)23-19-12-17(22)8-9-18(19)21(25)26/h2-12H,1H3,(H,23,24)(H,25,26)/b13-10+. The summed E-state index contributed by atoms with van der Waals surface area (Å²) in [6, 6.07) is 16.8. The van der Waals surface area contributed by atoms with Gasteiger partial charge in [0.2, 0.25) is 0 Å². The lowest BCUT2D eigenvalue weighted by atomic mass is 10.0. The molecule has 4 nitrogen and oxygen atoms in total. The largest absolute Gasteiger partial charge is 0.478 e. The fourth-order valence-electron chi connectivity index (χ4n) is 2.64. The molecule has 130 valence electrons. The zero-order chi connectivity index (χ0) is 18.7. The number of anilines is 1. The van der Waals surface area contributed by atoms with Crippen molar-refractivity contribution >= 4 is 34.4 Å². The molecule has 0 heterocycles. The van der Waals surface area contributed by atoms with Gasteiger partial charge in [0.1, 0.15) is 5.82 Å². The maximum Gasteiger partial charge on any atom is 0.337 e. The van der Waals surface area contributed by atoms with Crippen LogP contribution in [0.5, 0.6) is 0 Å². The van der Waals surface area contributed by atoms with Crippen LogP contribution in [0.25, 0.3) is 16.8 Å². The van der Waals surface area contributed by atoms with Crippen molar-refractivity contribution in [1.82, 2.24) is 0 Å². The summed E-state index contributed by atoms with van der Waals surface area (Å²) in [5.74, 6) is -2.36. The number of amides is 1. The fraction of sp³-hybridized carbons (Fsp3) is 0.0476. The van der Waals surface area contributed by atoms with Crippen LogP contribution in [0.4, 0.5) is 10.1 Å². The van der Waals surface area contributed by atoms with Gasteiger partial charge in [0.05, 0.1) is 11.3 Å². The molecule has 5 heteroatoms. The molecule has 3 aromatic rings. The Morgan fingerprint density at radius 1 is 1.00 bits per heavy atom. The average Bonchev–Trinajstić information content (AvgIpc) is 2.61. The predicted octanol–water partition coefficient (Wildman–Crippen LogP) is 4.72. The van der Waals surface area contributed by atoms with Gasteiger partial charge in [-0.2, -0.15) is 0 Å². The van der Waals surface area contributed by atoms with Crippen molar-refractivity contribution in [3.05, 3.63) is 83.2 Å². The summed E-state index contributed by atoms with van der Waals surface area (Å²) in [5.41, 5.74) is 0.974. The Morgan fingerprint density at radius 2 is 1.73 bits per heavy atom. The lowest BCUT2D eigenvalue weighted by molar-refractivity contribution is -0.112. The molecule has 0 unspecified atom stereocenters. The van der Waals surface area contributed by atoms with Gasteiger partial charge in [0.15, 0.2) is 0 Å². The molecule has 0 aromatic heterocycles. The second-order valence-corrected chi connectivity index (χ2v) is 5.88. The number of rotatable bonds is 4. The molecule has 0 atom stereocenters. The third-order valence-corrected chi connectivity index (χ3v) is 3.98. The van der Waals surface area contributed by atoms with Crippen molar-refractivity contribution in [3.63, 3.8) is 0 Å². The van der Waals surface area contributed by atoms with Crippen LogP contribution >= 0.6 is 0 Å². The molecule has 0 spiro atoms. The first-order chi connectivity index (χ1) is 12.4. The van der Waals surface area contributed by atoms with Gasteiger partial charge in [-0.1, -0.05) is 36.4 Å². The molecule has 26 heavy (non-hydrogen) atoms. The molecule has 1 amide bonds. The smallest absolute Gasteiger partial charge is 0.337 e. The quantitative estimate of drug-likeness (QED) is 0.670. The van der Waals surface area contributed by atoms with Crippen LogP contribution in [-0.4, -0.2) is 17.0 Å². The minimum absolute atomic E-state index is 0.0752. The van der Waals surface area contributed by atoms with Crippen LogP contribution < -0.4 is 5.32 Å². The minimum Gasteiger partial charge on any atom is -0.478 e. The van der Waals surface area contributed by atoms with Gasteiger partial charge in [0, 0.05) is 5.57 Å². The SMILES string of the molecule is C/C(=C\c1ccc2ccccc2c1)C(=O)Nc1cc(F)ccc1C(=O)O. The van der Waals surface area contributed by atoms with Crippen molar-refractivity contribution in [1.29, 1.82) is 0 Å². The topological polar surface area (TPSA) is 66.4 Å². The Kier molecular flexibility index (Phi) is 4.80. The van der Waals surface area contributed by atoms with E-state index in [0.717, 1.165) is 34.5 Å². The van der Waals surface area contributed by atoms with E-state index < -0.39 is 17.7 Å². The molecule has 2 N–H and O–H groups in total. The lowest BCUT2D eigenvalue weighted by Gasteiger charge is -2.09. The second kappa shape index (κ2) is 7.19.